The third-order valence-corrected chi connectivity index (χ3v) is 3.69. The van der Waals surface area contributed by atoms with Gasteiger partial charge in [0.1, 0.15) is 0 Å². The van der Waals surface area contributed by atoms with Crippen molar-refractivity contribution in [2.24, 2.45) is 0 Å². The molecule has 1 aliphatic rings. The van der Waals surface area contributed by atoms with Crippen molar-refractivity contribution in [2.45, 2.75) is 32.3 Å². The molecule has 1 heterocycles. The quantitative estimate of drug-likeness (QED) is 0.729. The lowest BCUT2D eigenvalue weighted by Crippen LogP contribution is -2.48. The highest BCUT2D eigenvalue weighted by Gasteiger charge is 2.29. The Balaban J connectivity index is 1.96. The van der Waals surface area contributed by atoms with E-state index in [-0.39, 0.29) is 12.5 Å². The molecular formula is C15H23N3O2. The van der Waals surface area contributed by atoms with Crippen LogP contribution in [0.2, 0.25) is 0 Å². The smallest absolute Gasteiger partial charge is 0.238 e. The van der Waals surface area contributed by atoms with Crippen LogP contribution in [0.15, 0.2) is 18.2 Å². The summed E-state index contributed by atoms with van der Waals surface area (Å²) in [6.07, 6.45) is 1.70. The molecule has 2 rings (SSSR count). The lowest BCUT2D eigenvalue weighted by molar-refractivity contribution is -0.118. The number of nitrogen functional groups attached to an aromatic ring is 1. The number of anilines is 2. The van der Waals surface area contributed by atoms with Crippen molar-refractivity contribution in [3.8, 4) is 0 Å². The minimum atomic E-state index is -0.694. The normalized spacial score (nSPS) is 23.6. The second-order valence-corrected chi connectivity index (χ2v) is 5.90. The minimum Gasteiger partial charge on any atom is -0.397 e. The molecule has 0 radical (unpaired) electrons. The zero-order valence-corrected chi connectivity index (χ0v) is 12.1. The molecule has 1 aromatic rings. The second kappa shape index (κ2) is 5.81. The fourth-order valence-corrected chi connectivity index (χ4v) is 2.70. The first-order chi connectivity index (χ1) is 9.37. The van der Waals surface area contributed by atoms with E-state index in [0.717, 1.165) is 24.9 Å². The summed E-state index contributed by atoms with van der Waals surface area (Å²) < 4.78 is 0. The van der Waals surface area contributed by atoms with E-state index in [1.807, 2.05) is 30.9 Å². The summed E-state index contributed by atoms with van der Waals surface area (Å²) in [6.45, 7) is 5.38. The molecule has 1 atom stereocenters. The number of β-amino-alcohol motifs (C(OH)–C–C–N with tert-alkyl or cyclic N) is 1. The van der Waals surface area contributed by atoms with Crippen molar-refractivity contribution in [2.75, 3.05) is 30.7 Å². The number of hydrogen-bond acceptors (Lipinski definition) is 4. The Morgan fingerprint density at radius 3 is 2.95 bits per heavy atom. The molecule has 0 saturated carbocycles. The van der Waals surface area contributed by atoms with Gasteiger partial charge in [-0.1, -0.05) is 12.1 Å². The van der Waals surface area contributed by atoms with E-state index < -0.39 is 5.60 Å². The van der Waals surface area contributed by atoms with E-state index in [1.54, 1.807) is 6.07 Å². The van der Waals surface area contributed by atoms with E-state index in [4.69, 9.17) is 5.73 Å². The van der Waals surface area contributed by atoms with Crippen molar-refractivity contribution in [1.29, 1.82) is 0 Å². The van der Waals surface area contributed by atoms with Gasteiger partial charge in [0.25, 0.3) is 0 Å². The SMILES string of the molecule is Cc1cccc(N)c1NC(=O)CN1CCCC(C)(O)C1. The van der Waals surface area contributed by atoms with Gasteiger partial charge in [0.05, 0.1) is 23.5 Å². The van der Waals surface area contributed by atoms with Gasteiger partial charge in [-0.2, -0.15) is 0 Å². The van der Waals surface area contributed by atoms with E-state index in [0.29, 0.717) is 17.9 Å². The molecule has 5 heteroatoms. The summed E-state index contributed by atoms with van der Waals surface area (Å²) in [4.78, 5) is 14.1. The van der Waals surface area contributed by atoms with Gasteiger partial charge in [-0.3, -0.25) is 9.69 Å². The van der Waals surface area contributed by atoms with Crippen molar-refractivity contribution < 1.29 is 9.90 Å². The van der Waals surface area contributed by atoms with Crippen LogP contribution in [0, 0.1) is 6.92 Å². The Morgan fingerprint density at radius 1 is 1.55 bits per heavy atom. The van der Waals surface area contributed by atoms with Crippen LogP contribution >= 0.6 is 0 Å². The van der Waals surface area contributed by atoms with Crippen LogP contribution in [0.4, 0.5) is 11.4 Å². The van der Waals surface area contributed by atoms with Crippen molar-refractivity contribution >= 4 is 17.3 Å². The molecule has 1 saturated heterocycles. The molecule has 5 nitrogen and oxygen atoms in total. The number of nitrogens with zero attached hydrogens (tertiary/aromatic N) is 1. The number of hydrogen-bond donors (Lipinski definition) is 3. The molecule has 1 amide bonds. The molecule has 20 heavy (non-hydrogen) atoms. The Kier molecular flexibility index (Phi) is 4.30. The van der Waals surface area contributed by atoms with Crippen LogP contribution in [-0.2, 0) is 4.79 Å². The standard InChI is InChI=1S/C15H23N3O2/c1-11-5-3-6-12(16)14(11)17-13(19)9-18-8-4-7-15(2,20)10-18/h3,5-6,20H,4,7-10,16H2,1-2H3,(H,17,19). The molecular weight excluding hydrogens is 254 g/mol. The maximum atomic E-state index is 12.1. The zero-order valence-electron chi connectivity index (χ0n) is 12.1. The lowest BCUT2D eigenvalue weighted by atomic mass is 9.95. The number of para-hydroxylation sites is 1. The fourth-order valence-electron chi connectivity index (χ4n) is 2.70. The number of nitrogens with two attached hydrogens (primary N) is 1. The number of carbonyl (C=O) groups excluding carboxylic acids is 1. The van der Waals surface area contributed by atoms with Gasteiger partial charge in [-0.25, -0.2) is 0 Å². The van der Waals surface area contributed by atoms with E-state index in [1.165, 1.54) is 0 Å². The number of piperidine rings is 1. The molecule has 1 aliphatic heterocycles. The summed E-state index contributed by atoms with van der Waals surface area (Å²) in [5, 5.41) is 12.9. The third kappa shape index (κ3) is 3.71. The molecule has 1 unspecified atom stereocenters. The van der Waals surface area contributed by atoms with Crippen LogP contribution in [-0.4, -0.2) is 41.1 Å². The monoisotopic (exact) mass is 277 g/mol. The third-order valence-electron chi connectivity index (χ3n) is 3.69. The van der Waals surface area contributed by atoms with Crippen LogP contribution in [0.25, 0.3) is 0 Å². The maximum absolute atomic E-state index is 12.1. The van der Waals surface area contributed by atoms with Gasteiger partial charge in [0.15, 0.2) is 0 Å². The second-order valence-electron chi connectivity index (χ2n) is 5.90. The largest absolute Gasteiger partial charge is 0.397 e. The number of likely N-dealkylation sites (tertiary alicyclic amines) is 1. The van der Waals surface area contributed by atoms with E-state index in [2.05, 4.69) is 5.32 Å². The Morgan fingerprint density at radius 2 is 2.30 bits per heavy atom. The van der Waals surface area contributed by atoms with Crippen LogP contribution in [0.1, 0.15) is 25.3 Å². The van der Waals surface area contributed by atoms with Gasteiger partial charge >= 0.3 is 0 Å². The predicted octanol–water partition coefficient (Wildman–Crippen LogP) is 1.36. The number of aryl methyl sites for hydroxylation is 1. The molecule has 1 fully saturated rings. The van der Waals surface area contributed by atoms with Crippen LogP contribution in [0.3, 0.4) is 0 Å². The molecule has 4 N–H and O–H groups in total. The first-order valence-electron chi connectivity index (χ1n) is 6.97. The van der Waals surface area contributed by atoms with Gasteiger partial charge in [0, 0.05) is 6.54 Å². The van der Waals surface area contributed by atoms with Crippen LogP contribution < -0.4 is 11.1 Å². The maximum Gasteiger partial charge on any atom is 0.238 e. The Hall–Kier alpha value is -1.59. The number of benzene rings is 1. The van der Waals surface area contributed by atoms with Crippen molar-refractivity contribution in [3.05, 3.63) is 23.8 Å². The predicted molar refractivity (Wildman–Crippen MR) is 80.5 cm³/mol. The van der Waals surface area contributed by atoms with Gasteiger partial charge in [-0.15, -0.1) is 0 Å². The van der Waals surface area contributed by atoms with Gasteiger partial charge in [0.2, 0.25) is 5.91 Å². The highest BCUT2D eigenvalue weighted by atomic mass is 16.3. The molecule has 0 bridgehead atoms. The summed E-state index contributed by atoms with van der Waals surface area (Å²) in [5.74, 6) is -0.0938. The average molecular weight is 277 g/mol. The Labute approximate surface area is 119 Å². The van der Waals surface area contributed by atoms with Crippen molar-refractivity contribution in [1.82, 2.24) is 4.90 Å². The first kappa shape index (κ1) is 14.8. The van der Waals surface area contributed by atoms with E-state index >= 15 is 0 Å². The number of amides is 1. The first-order valence-corrected chi connectivity index (χ1v) is 6.97. The number of aliphatic hydroxyl groups is 1. The fraction of sp³-hybridized carbons (Fsp3) is 0.533. The highest BCUT2D eigenvalue weighted by Crippen LogP contribution is 2.23. The number of carbonyl (C=O) groups is 1. The van der Waals surface area contributed by atoms with Gasteiger partial charge < -0.3 is 16.2 Å². The minimum absolute atomic E-state index is 0.0938. The highest BCUT2D eigenvalue weighted by molar-refractivity contribution is 5.96. The van der Waals surface area contributed by atoms with E-state index in [9.17, 15) is 9.90 Å². The summed E-state index contributed by atoms with van der Waals surface area (Å²) >= 11 is 0. The van der Waals surface area contributed by atoms with Crippen LogP contribution in [0.5, 0.6) is 0 Å². The molecule has 0 spiro atoms. The topological polar surface area (TPSA) is 78.6 Å². The number of rotatable bonds is 3. The summed E-state index contributed by atoms with van der Waals surface area (Å²) in [6, 6.07) is 5.55. The molecule has 0 aliphatic carbocycles. The zero-order chi connectivity index (χ0) is 14.8. The molecule has 1 aromatic carbocycles. The number of nitrogens with one attached hydrogen (secondary N) is 1. The summed E-state index contributed by atoms with van der Waals surface area (Å²) in [5.41, 5.74) is 7.39. The molecule has 110 valence electrons. The Bertz CT molecular complexity index is 480. The van der Waals surface area contributed by atoms with Crippen molar-refractivity contribution in [3.63, 3.8) is 0 Å². The average Bonchev–Trinajstić information content (AvgIpc) is 2.33. The van der Waals surface area contributed by atoms with Gasteiger partial charge in [-0.05, 0) is 44.9 Å². The molecule has 0 aromatic heterocycles. The lowest BCUT2D eigenvalue weighted by Gasteiger charge is -2.36. The summed E-state index contributed by atoms with van der Waals surface area (Å²) in [7, 11) is 0.